The highest BCUT2D eigenvalue weighted by Gasteiger charge is 2.52. The highest BCUT2D eigenvalue weighted by Crippen LogP contribution is 2.63. The molecule has 8 nitrogen and oxygen atoms in total. The topological polar surface area (TPSA) is 87.5 Å². The van der Waals surface area contributed by atoms with Crippen molar-refractivity contribution in [1.82, 2.24) is 34.1 Å². The van der Waals surface area contributed by atoms with Crippen LogP contribution in [0.15, 0.2) is 265 Å². The minimum Gasteiger partial charge on any atom is -0.452 e. The van der Waals surface area contributed by atoms with E-state index in [1.54, 1.807) is 0 Å². The van der Waals surface area contributed by atoms with Gasteiger partial charge in [-0.05, 0) is 94.0 Å². The van der Waals surface area contributed by atoms with E-state index in [0.29, 0.717) is 28.9 Å². The zero-order valence-electron chi connectivity index (χ0n) is 43.9. The summed E-state index contributed by atoms with van der Waals surface area (Å²) in [6.45, 7) is 0. The number of fused-ring (bicyclic) bond motifs is 18. The molecular weight excluding hydrogens is 1000 g/mol. The third kappa shape index (κ3) is 6.17. The molecule has 0 amide bonds. The maximum Gasteiger partial charge on any atom is 0.180 e. The van der Waals surface area contributed by atoms with Crippen molar-refractivity contribution in [2.75, 3.05) is 0 Å². The molecule has 0 fully saturated rings. The monoisotopic (exact) mass is 1050 g/mol. The van der Waals surface area contributed by atoms with Crippen LogP contribution in [0.2, 0.25) is 0 Å². The molecule has 6 heterocycles. The zero-order chi connectivity index (χ0) is 53.6. The van der Waals surface area contributed by atoms with Crippen LogP contribution in [-0.4, -0.2) is 34.1 Å². The molecule has 1 atom stereocenters. The van der Waals surface area contributed by atoms with E-state index in [9.17, 15) is 0 Å². The van der Waals surface area contributed by atoms with Gasteiger partial charge in [0.1, 0.15) is 16.8 Å². The second-order valence-corrected chi connectivity index (χ2v) is 21.4. The van der Waals surface area contributed by atoms with Crippen molar-refractivity contribution in [3.8, 4) is 79.3 Å². The lowest BCUT2D eigenvalue weighted by Gasteiger charge is -2.39. The van der Waals surface area contributed by atoms with E-state index in [2.05, 4.69) is 215 Å². The van der Waals surface area contributed by atoms with Crippen molar-refractivity contribution in [2.24, 2.45) is 0 Å². The van der Waals surface area contributed by atoms with Gasteiger partial charge in [0.2, 0.25) is 0 Å². The Bertz CT molecular complexity index is 5290. The molecule has 8 heteroatoms. The summed E-state index contributed by atoms with van der Waals surface area (Å²) in [6.07, 6.45) is 0. The Balaban J connectivity index is 0.923. The molecular formula is C74H43N7O. The first-order valence-electron chi connectivity index (χ1n) is 27.7. The molecule has 1 unspecified atom stereocenters. The quantitative estimate of drug-likeness (QED) is 0.165. The van der Waals surface area contributed by atoms with Crippen LogP contribution < -0.4 is 0 Å². The number of aromatic nitrogens is 7. The Labute approximate surface area is 469 Å². The number of rotatable bonds is 6. The van der Waals surface area contributed by atoms with Crippen LogP contribution in [0, 0.1) is 0 Å². The van der Waals surface area contributed by atoms with Gasteiger partial charge in [-0.15, -0.1) is 0 Å². The fourth-order valence-electron chi connectivity index (χ4n) is 13.8. The maximum atomic E-state index is 6.81. The summed E-state index contributed by atoms with van der Waals surface area (Å²) in [7, 11) is 0. The first-order chi connectivity index (χ1) is 40.7. The number of furan rings is 1. The lowest BCUT2D eigenvalue weighted by atomic mass is 9.65. The van der Waals surface area contributed by atoms with Crippen LogP contribution in [0.3, 0.4) is 0 Å². The second-order valence-electron chi connectivity index (χ2n) is 21.4. The van der Waals surface area contributed by atoms with Crippen molar-refractivity contribution >= 4 is 65.7 Å². The highest BCUT2D eigenvalue weighted by molar-refractivity contribution is 6.15. The van der Waals surface area contributed by atoms with Gasteiger partial charge in [-0.2, -0.15) is 0 Å². The molecule has 380 valence electrons. The number of para-hydroxylation sites is 6. The Kier molecular flexibility index (Phi) is 9.27. The van der Waals surface area contributed by atoms with Crippen molar-refractivity contribution in [2.45, 2.75) is 5.41 Å². The van der Waals surface area contributed by atoms with Gasteiger partial charge in [0.25, 0.3) is 0 Å². The van der Waals surface area contributed by atoms with Crippen LogP contribution >= 0.6 is 0 Å². The first kappa shape index (κ1) is 44.8. The van der Waals surface area contributed by atoms with Crippen molar-refractivity contribution in [1.29, 1.82) is 0 Å². The van der Waals surface area contributed by atoms with Gasteiger partial charge in [0, 0.05) is 60.4 Å². The molecule has 11 aromatic carbocycles. The molecule has 0 radical (unpaired) electrons. The molecule has 82 heavy (non-hydrogen) atoms. The molecule has 1 aliphatic carbocycles. The number of benzene rings is 11. The standard InChI is InChI=1S/C74H43N7O/c1-4-20-44(21-5-1)70-77-71(45-22-6-2-7-23-45)79-73(78-70)53-30-19-32-58-65(53)55-43-47(38-40-56(55)74(58)57-31-13-16-36-63(57)81-61-35-15-10-26-49(61)51-29-18-33-59(74)68(51)81)72-75-66(69-67(76-72)52-28-12-17-37-64(52)82-69)46-39-41-62-54(42-46)50-27-11-14-34-60(50)80(62)48-24-8-3-9-25-48/h1-43H. The number of hydrogen-bond acceptors (Lipinski definition) is 6. The lowest BCUT2D eigenvalue weighted by molar-refractivity contribution is 0.667. The van der Waals surface area contributed by atoms with E-state index in [1.165, 1.54) is 32.9 Å². The normalized spacial score (nSPS) is 14.1. The van der Waals surface area contributed by atoms with Crippen LogP contribution in [0.1, 0.15) is 22.3 Å². The fourth-order valence-corrected chi connectivity index (χ4v) is 13.8. The van der Waals surface area contributed by atoms with E-state index in [1.807, 2.05) is 54.6 Å². The number of hydrogen-bond donors (Lipinski definition) is 0. The van der Waals surface area contributed by atoms with E-state index in [4.69, 9.17) is 29.3 Å². The Morgan fingerprint density at radius 1 is 0.329 bits per heavy atom. The molecule has 0 bridgehead atoms. The summed E-state index contributed by atoms with van der Waals surface area (Å²) in [4.78, 5) is 27.1. The number of nitrogens with zero attached hydrogens (tertiary/aromatic N) is 7. The second kappa shape index (κ2) is 17.0. The Morgan fingerprint density at radius 2 is 0.902 bits per heavy atom. The molecule has 2 aliphatic rings. The van der Waals surface area contributed by atoms with Crippen LogP contribution in [0.25, 0.3) is 145 Å². The summed E-state index contributed by atoms with van der Waals surface area (Å²) >= 11 is 0. The van der Waals surface area contributed by atoms with Gasteiger partial charge in [0.05, 0.1) is 33.2 Å². The van der Waals surface area contributed by atoms with Gasteiger partial charge in [-0.3, -0.25) is 0 Å². The molecule has 0 saturated carbocycles. The predicted molar refractivity (Wildman–Crippen MR) is 329 cm³/mol. The van der Waals surface area contributed by atoms with E-state index in [-0.39, 0.29) is 0 Å². The maximum absolute atomic E-state index is 6.81. The van der Waals surface area contributed by atoms with E-state index < -0.39 is 5.41 Å². The largest absolute Gasteiger partial charge is 0.452 e. The van der Waals surface area contributed by atoms with Crippen LogP contribution in [-0.2, 0) is 5.41 Å². The third-order valence-corrected chi connectivity index (χ3v) is 17.2. The minimum absolute atomic E-state index is 0.586. The van der Waals surface area contributed by atoms with Crippen LogP contribution in [0.4, 0.5) is 0 Å². The van der Waals surface area contributed by atoms with Crippen LogP contribution in [0.5, 0.6) is 0 Å². The van der Waals surface area contributed by atoms with E-state index in [0.717, 1.165) is 105 Å². The van der Waals surface area contributed by atoms with Gasteiger partial charge in [-0.25, -0.2) is 24.9 Å². The minimum atomic E-state index is -0.762. The molecule has 0 N–H and O–H groups in total. The summed E-state index contributed by atoms with van der Waals surface area (Å²) in [5.74, 6) is 2.38. The van der Waals surface area contributed by atoms with Crippen molar-refractivity contribution in [3.05, 3.63) is 283 Å². The molecule has 1 aliphatic heterocycles. The van der Waals surface area contributed by atoms with E-state index >= 15 is 0 Å². The predicted octanol–water partition coefficient (Wildman–Crippen LogP) is 17.8. The van der Waals surface area contributed by atoms with Crippen molar-refractivity contribution < 1.29 is 4.42 Å². The van der Waals surface area contributed by atoms with Gasteiger partial charge < -0.3 is 13.6 Å². The molecule has 18 rings (SSSR count). The summed E-state index contributed by atoms with van der Waals surface area (Å²) in [5, 5.41) is 5.64. The molecule has 5 aromatic heterocycles. The Hall–Kier alpha value is -11.1. The Morgan fingerprint density at radius 3 is 1.68 bits per heavy atom. The first-order valence-corrected chi connectivity index (χ1v) is 27.7. The molecule has 16 aromatic rings. The summed E-state index contributed by atoms with van der Waals surface area (Å²) in [6, 6.07) is 92.7. The third-order valence-electron chi connectivity index (χ3n) is 17.2. The summed E-state index contributed by atoms with van der Waals surface area (Å²) < 4.78 is 11.6. The molecule has 0 saturated heterocycles. The smallest absolute Gasteiger partial charge is 0.180 e. The SMILES string of the molecule is c1ccc(-c2nc(-c3ccccc3)nc(-c3cccc4c3-c3cc(-c5nc(-c6ccc7c(c6)c6ccccc6n7-c6ccccc6)c6oc7ccccc7c6n5)ccc3C43c4ccccc4-n4c5ccccc5c5cccc3c54)n2)cc1. The van der Waals surface area contributed by atoms with Gasteiger partial charge in [-0.1, -0.05) is 200 Å². The lowest BCUT2D eigenvalue weighted by Crippen LogP contribution is -2.33. The summed E-state index contributed by atoms with van der Waals surface area (Å²) in [5.41, 5.74) is 20.3. The highest BCUT2D eigenvalue weighted by atomic mass is 16.3. The zero-order valence-corrected chi connectivity index (χ0v) is 43.9. The van der Waals surface area contributed by atoms with Crippen molar-refractivity contribution in [3.63, 3.8) is 0 Å². The molecule has 1 spiro atoms. The average molecular weight is 1050 g/mol. The van der Waals surface area contributed by atoms with Gasteiger partial charge in [0.15, 0.2) is 28.9 Å². The van der Waals surface area contributed by atoms with Gasteiger partial charge >= 0.3 is 0 Å². The fraction of sp³-hybridized carbons (Fsp3) is 0.0135. The average Bonchev–Trinajstić information content (AvgIpc) is 1.82.